The lowest BCUT2D eigenvalue weighted by atomic mass is 10.1. The van der Waals surface area contributed by atoms with Crippen LogP contribution in [0, 0.1) is 0 Å². The third kappa shape index (κ3) is 8.20. The molecule has 6 unspecified atom stereocenters. The number of hydrogen-bond donors (Lipinski definition) is 4. The Labute approximate surface area is 241 Å². The van der Waals surface area contributed by atoms with Gasteiger partial charge in [-0.1, -0.05) is 48.5 Å². The first-order valence-corrected chi connectivity index (χ1v) is 15.5. The number of nitrogens with zero attached hydrogens (tertiary/aromatic N) is 1. The maximum atomic E-state index is 13.1. The van der Waals surface area contributed by atoms with E-state index in [4.69, 9.17) is 30.3 Å². The van der Waals surface area contributed by atoms with E-state index in [0.717, 1.165) is 22.4 Å². The van der Waals surface area contributed by atoms with Gasteiger partial charge in [-0.05, 0) is 49.8 Å². The largest absolute Gasteiger partial charge is 0.462 e. The van der Waals surface area contributed by atoms with Crippen molar-refractivity contribution >= 4 is 24.4 Å². The molecule has 1 aliphatic heterocycles. The van der Waals surface area contributed by atoms with Crippen molar-refractivity contribution < 1.29 is 33.5 Å². The van der Waals surface area contributed by atoms with Crippen LogP contribution < -0.4 is 20.9 Å². The van der Waals surface area contributed by atoms with Gasteiger partial charge in [0.1, 0.15) is 30.1 Å². The van der Waals surface area contributed by atoms with Gasteiger partial charge in [0, 0.05) is 12.3 Å². The Morgan fingerprint density at radius 2 is 1.73 bits per heavy atom. The van der Waals surface area contributed by atoms with Crippen LogP contribution in [0.1, 0.15) is 25.6 Å². The summed E-state index contributed by atoms with van der Waals surface area (Å²) in [6.45, 7) is -0.435. The highest BCUT2D eigenvalue weighted by molar-refractivity contribution is 8.09. The third-order valence-electron chi connectivity index (χ3n) is 6.07. The summed E-state index contributed by atoms with van der Waals surface area (Å²) in [5.74, 6) is -0.173. The van der Waals surface area contributed by atoms with E-state index in [0.29, 0.717) is 5.75 Å². The van der Waals surface area contributed by atoms with Gasteiger partial charge in [0.2, 0.25) is 0 Å². The summed E-state index contributed by atoms with van der Waals surface area (Å²) < 4.78 is 24.3. The predicted octanol–water partition coefficient (Wildman–Crippen LogP) is 1.63. The average molecular weight is 606 g/mol. The maximum absolute atomic E-state index is 13.1. The predicted molar refractivity (Wildman–Crippen MR) is 153 cm³/mol. The minimum Gasteiger partial charge on any atom is -0.462 e. The summed E-state index contributed by atoms with van der Waals surface area (Å²) in [6, 6.07) is 18.1. The summed E-state index contributed by atoms with van der Waals surface area (Å²) >= 11 is 5.82. The van der Waals surface area contributed by atoms with Gasteiger partial charge in [0.15, 0.2) is 6.23 Å². The first kappa shape index (κ1) is 30.8. The Bertz CT molecular complexity index is 1470. The zero-order chi connectivity index (χ0) is 29.6. The summed E-state index contributed by atoms with van der Waals surface area (Å²) in [5, 5.41) is 24.3. The van der Waals surface area contributed by atoms with Crippen molar-refractivity contribution in [1.82, 2.24) is 14.6 Å². The fourth-order valence-corrected chi connectivity index (χ4v) is 6.47. The number of nitrogens with one attached hydrogen (secondary N) is 2. The van der Waals surface area contributed by atoms with E-state index >= 15 is 0 Å². The van der Waals surface area contributed by atoms with Crippen LogP contribution in [-0.2, 0) is 37.0 Å². The standard InChI is InChI=1S/C27H32N3O9PS/c1-17(2)37-26(34)20(15-18-9-5-3-6-10-18)29-40(41,39-19-11-7-4-8-12-19)36-16-21-23(32)24(33)25(38-21)30-14-13-22(31)28-27(30)35/h3-14,17,20-21,23-25,32-33H,15-16H2,1-2H3,(H,29,41)(H,28,31,35). The molecule has 4 rings (SSSR count). The van der Waals surface area contributed by atoms with Crippen molar-refractivity contribution in [3.05, 3.63) is 99.3 Å². The topological polar surface area (TPSA) is 161 Å². The van der Waals surface area contributed by atoms with Crippen LogP contribution in [0.4, 0.5) is 0 Å². The number of aromatic amines is 1. The number of aliphatic hydroxyl groups excluding tert-OH is 2. The van der Waals surface area contributed by atoms with Gasteiger partial charge < -0.3 is 28.7 Å². The second-order valence-corrected chi connectivity index (χ2v) is 12.8. The molecule has 4 N–H and O–H groups in total. The number of esters is 1. The lowest BCUT2D eigenvalue weighted by Gasteiger charge is -2.29. The first-order valence-electron chi connectivity index (χ1n) is 12.9. The van der Waals surface area contributed by atoms with Gasteiger partial charge >= 0.3 is 18.3 Å². The number of hydrogen-bond acceptors (Lipinski definition) is 10. The molecule has 3 aromatic rings. The highest BCUT2D eigenvalue weighted by atomic mass is 32.5. The number of carbonyl (C=O) groups excluding carboxylic acids is 1. The lowest BCUT2D eigenvalue weighted by molar-refractivity contribution is -0.149. The summed E-state index contributed by atoms with van der Waals surface area (Å²) in [6.07, 6.45) is -4.41. The lowest BCUT2D eigenvalue weighted by Crippen LogP contribution is -2.41. The van der Waals surface area contributed by atoms with Crippen LogP contribution in [0.3, 0.4) is 0 Å². The van der Waals surface area contributed by atoms with Gasteiger partial charge in [0.25, 0.3) is 5.56 Å². The second-order valence-electron chi connectivity index (χ2n) is 9.62. The second kappa shape index (κ2) is 13.7. The number of benzene rings is 2. The highest BCUT2D eigenvalue weighted by Gasteiger charge is 2.45. The Morgan fingerprint density at radius 3 is 2.37 bits per heavy atom. The van der Waals surface area contributed by atoms with Crippen molar-refractivity contribution in [3.63, 3.8) is 0 Å². The van der Waals surface area contributed by atoms with Crippen LogP contribution in [0.5, 0.6) is 5.75 Å². The number of para-hydroxylation sites is 1. The number of rotatable bonds is 12. The van der Waals surface area contributed by atoms with Crippen LogP contribution in [0.15, 0.2) is 82.5 Å². The van der Waals surface area contributed by atoms with E-state index in [1.54, 1.807) is 44.2 Å². The number of aromatic nitrogens is 2. The Kier molecular flexibility index (Phi) is 10.3. The molecule has 0 bridgehead atoms. The number of H-pyrrole nitrogens is 1. The van der Waals surface area contributed by atoms with Crippen molar-refractivity contribution in [3.8, 4) is 5.75 Å². The maximum Gasteiger partial charge on any atom is 0.330 e. The average Bonchev–Trinajstić information content (AvgIpc) is 3.21. The fraction of sp³-hybridized carbons (Fsp3) is 0.370. The van der Waals surface area contributed by atoms with E-state index in [-0.39, 0.29) is 19.1 Å². The molecule has 220 valence electrons. The molecule has 6 atom stereocenters. The van der Waals surface area contributed by atoms with Gasteiger partial charge in [-0.25, -0.2) is 9.88 Å². The fourth-order valence-electron chi connectivity index (χ4n) is 4.14. The minimum absolute atomic E-state index is 0.227. The van der Waals surface area contributed by atoms with E-state index < -0.39 is 54.4 Å². The molecule has 0 amide bonds. The molecule has 12 nitrogen and oxygen atoms in total. The highest BCUT2D eigenvalue weighted by Crippen LogP contribution is 2.46. The zero-order valence-electron chi connectivity index (χ0n) is 22.4. The Balaban J connectivity index is 1.57. The summed E-state index contributed by atoms with van der Waals surface area (Å²) in [5.41, 5.74) is -0.592. The third-order valence-corrected chi connectivity index (χ3v) is 8.50. The number of ether oxygens (including phenoxy) is 2. The van der Waals surface area contributed by atoms with E-state index in [9.17, 15) is 24.6 Å². The molecular formula is C27H32N3O9PS. The molecule has 1 aromatic heterocycles. The van der Waals surface area contributed by atoms with Crippen molar-refractivity contribution in [2.24, 2.45) is 0 Å². The van der Waals surface area contributed by atoms with E-state index in [1.165, 1.54) is 0 Å². The van der Waals surface area contributed by atoms with Crippen LogP contribution >= 0.6 is 6.64 Å². The molecule has 0 aliphatic carbocycles. The molecule has 1 saturated heterocycles. The number of carbonyl (C=O) groups is 1. The monoisotopic (exact) mass is 605 g/mol. The molecule has 14 heteroatoms. The molecule has 0 radical (unpaired) electrons. The van der Waals surface area contributed by atoms with Crippen molar-refractivity contribution in [2.75, 3.05) is 6.61 Å². The molecule has 41 heavy (non-hydrogen) atoms. The minimum atomic E-state index is -3.54. The van der Waals surface area contributed by atoms with Gasteiger partial charge in [0.05, 0.1) is 12.7 Å². The van der Waals surface area contributed by atoms with Crippen LogP contribution in [0.25, 0.3) is 0 Å². The van der Waals surface area contributed by atoms with E-state index in [1.807, 2.05) is 30.3 Å². The molecule has 2 heterocycles. The summed E-state index contributed by atoms with van der Waals surface area (Å²) in [7, 11) is 0. The number of aliphatic hydroxyl groups is 2. The normalized spacial score (nSPS) is 22.7. The van der Waals surface area contributed by atoms with Gasteiger partial charge in [-0.3, -0.25) is 19.1 Å². The molecule has 1 aliphatic rings. The smallest absolute Gasteiger partial charge is 0.330 e. The Hall–Kier alpha value is -3.16. The van der Waals surface area contributed by atoms with Crippen LogP contribution in [-0.4, -0.2) is 62.8 Å². The SMILES string of the molecule is CC(C)OC(=O)C(Cc1ccccc1)NP(=S)(OCC1OC(n2ccc(=O)[nH]c2=O)C(O)C1O)Oc1ccccc1. The van der Waals surface area contributed by atoms with Gasteiger partial charge in [-0.15, -0.1) is 0 Å². The Morgan fingerprint density at radius 1 is 1.07 bits per heavy atom. The van der Waals surface area contributed by atoms with Crippen molar-refractivity contribution in [1.29, 1.82) is 0 Å². The van der Waals surface area contributed by atoms with Gasteiger partial charge in [-0.2, -0.15) is 0 Å². The molecule has 0 saturated carbocycles. The van der Waals surface area contributed by atoms with Crippen LogP contribution in [0.2, 0.25) is 0 Å². The molecule has 1 fully saturated rings. The summed E-state index contributed by atoms with van der Waals surface area (Å²) in [4.78, 5) is 38.9. The van der Waals surface area contributed by atoms with Crippen molar-refractivity contribution in [2.45, 2.75) is 57.0 Å². The quantitative estimate of drug-likeness (QED) is 0.175. The van der Waals surface area contributed by atoms with E-state index in [2.05, 4.69) is 10.1 Å². The zero-order valence-corrected chi connectivity index (χ0v) is 24.1. The molecular weight excluding hydrogens is 573 g/mol. The first-order chi connectivity index (χ1) is 19.5. The molecule has 0 spiro atoms. The molecule has 2 aromatic carbocycles.